The molecule has 0 aromatic carbocycles. The Labute approximate surface area is 82.9 Å². The minimum Gasteiger partial charge on any atom is -0.375 e. The van der Waals surface area contributed by atoms with Crippen molar-refractivity contribution >= 4 is 0 Å². The molecule has 0 aromatic heterocycles. The normalized spacial score (nSPS) is 22.2. The van der Waals surface area contributed by atoms with E-state index in [1.54, 1.807) is 0 Å². The SMILES string of the molecule is CCC(OC1CCCCC1)C(C)C. The summed E-state index contributed by atoms with van der Waals surface area (Å²) in [6.07, 6.45) is 8.97. The van der Waals surface area contributed by atoms with Gasteiger partial charge in [-0.25, -0.2) is 0 Å². The second-order valence-corrected chi connectivity index (χ2v) is 4.59. The third-order valence-electron chi connectivity index (χ3n) is 3.07. The van der Waals surface area contributed by atoms with E-state index < -0.39 is 0 Å². The zero-order valence-corrected chi connectivity index (χ0v) is 9.38. The van der Waals surface area contributed by atoms with E-state index in [1.165, 1.54) is 32.1 Å². The molecule has 1 aliphatic rings. The van der Waals surface area contributed by atoms with Gasteiger partial charge in [0.25, 0.3) is 0 Å². The van der Waals surface area contributed by atoms with Crippen molar-refractivity contribution < 1.29 is 4.74 Å². The summed E-state index contributed by atoms with van der Waals surface area (Å²) in [6.45, 7) is 6.75. The van der Waals surface area contributed by atoms with Crippen LogP contribution in [-0.4, -0.2) is 12.2 Å². The average Bonchev–Trinajstić information content (AvgIpc) is 2.15. The van der Waals surface area contributed by atoms with Crippen molar-refractivity contribution in [2.24, 2.45) is 5.92 Å². The molecule has 0 radical (unpaired) electrons. The lowest BCUT2D eigenvalue weighted by molar-refractivity contribution is -0.0520. The van der Waals surface area contributed by atoms with Gasteiger partial charge < -0.3 is 4.74 Å². The molecule has 0 aliphatic heterocycles. The van der Waals surface area contributed by atoms with E-state index in [9.17, 15) is 0 Å². The van der Waals surface area contributed by atoms with Gasteiger partial charge in [-0.15, -0.1) is 0 Å². The fourth-order valence-electron chi connectivity index (χ4n) is 2.17. The fraction of sp³-hybridized carbons (Fsp3) is 1.00. The Morgan fingerprint density at radius 3 is 2.23 bits per heavy atom. The molecule has 0 saturated heterocycles. The van der Waals surface area contributed by atoms with E-state index in [0.717, 1.165) is 6.42 Å². The summed E-state index contributed by atoms with van der Waals surface area (Å²) >= 11 is 0. The molecule has 1 heteroatoms. The maximum absolute atomic E-state index is 6.10. The smallest absolute Gasteiger partial charge is 0.0599 e. The van der Waals surface area contributed by atoms with E-state index in [0.29, 0.717) is 18.1 Å². The molecule has 1 saturated carbocycles. The van der Waals surface area contributed by atoms with Crippen LogP contribution in [0.1, 0.15) is 59.3 Å². The molecule has 0 N–H and O–H groups in total. The first kappa shape index (κ1) is 11.0. The molecule has 1 rings (SSSR count). The van der Waals surface area contributed by atoms with Crippen molar-refractivity contribution in [2.45, 2.75) is 71.5 Å². The quantitative estimate of drug-likeness (QED) is 0.646. The molecule has 1 nitrogen and oxygen atoms in total. The van der Waals surface area contributed by atoms with Crippen LogP contribution < -0.4 is 0 Å². The highest BCUT2D eigenvalue weighted by molar-refractivity contribution is 4.69. The summed E-state index contributed by atoms with van der Waals surface area (Å²) in [5, 5.41) is 0. The fourth-order valence-corrected chi connectivity index (χ4v) is 2.17. The minimum absolute atomic E-state index is 0.489. The van der Waals surface area contributed by atoms with Gasteiger partial charge in [-0.2, -0.15) is 0 Å². The molecular formula is C12H24O. The summed E-state index contributed by atoms with van der Waals surface area (Å²) in [4.78, 5) is 0. The zero-order chi connectivity index (χ0) is 9.68. The first-order valence-electron chi connectivity index (χ1n) is 5.89. The zero-order valence-electron chi connectivity index (χ0n) is 9.38. The maximum Gasteiger partial charge on any atom is 0.0599 e. The van der Waals surface area contributed by atoms with Crippen LogP contribution in [0.2, 0.25) is 0 Å². The minimum atomic E-state index is 0.489. The van der Waals surface area contributed by atoms with Crippen molar-refractivity contribution in [3.8, 4) is 0 Å². The highest BCUT2D eigenvalue weighted by atomic mass is 16.5. The van der Waals surface area contributed by atoms with Crippen LogP contribution in [0.4, 0.5) is 0 Å². The van der Waals surface area contributed by atoms with Crippen LogP contribution in [-0.2, 0) is 4.74 Å². The largest absolute Gasteiger partial charge is 0.375 e. The van der Waals surface area contributed by atoms with Gasteiger partial charge in [0.1, 0.15) is 0 Å². The van der Waals surface area contributed by atoms with Crippen LogP contribution in [0.25, 0.3) is 0 Å². The van der Waals surface area contributed by atoms with E-state index >= 15 is 0 Å². The predicted octanol–water partition coefficient (Wildman–Crippen LogP) is 3.77. The Bertz CT molecular complexity index is 125. The molecular weight excluding hydrogens is 160 g/mol. The Morgan fingerprint density at radius 2 is 1.77 bits per heavy atom. The van der Waals surface area contributed by atoms with Crippen molar-refractivity contribution in [3.05, 3.63) is 0 Å². The number of hydrogen-bond donors (Lipinski definition) is 0. The summed E-state index contributed by atoms with van der Waals surface area (Å²) in [6, 6.07) is 0. The second kappa shape index (κ2) is 5.64. The number of rotatable bonds is 4. The van der Waals surface area contributed by atoms with Gasteiger partial charge in [0.05, 0.1) is 12.2 Å². The molecule has 0 heterocycles. The predicted molar refractivity (Wildman–Crippen MR) is 56.9 cm³/mol. The van der Waals surface area contributed by atoms with Crippen molar-refractivity contribution in [1.82, 2.24) is 0 Å². The van der Waals surface area contributed by atoms with E-state index in [1.807, 2.05) is 0 Å². The number of ether oxygens (including phenoxy) is 1. The lowest BCUT2D eigenvalue weighted by Crippen LogP contribution is -2.27. The van der Waals surface area contributed by atoms with Crippen LogP contribution >= 0.6 is 0 Å². The van der Waals surface area contributed by atoms with Gasteiger partial charge in [0.2, 0.25) is 0 Å². The summed E-state index contributed by atoms with van der Waals surface area (Å²) in [5.74, 6) is 0.673. The van der Waals surface area contributed by atoms with Crippen molar-refractivity contribution in [1.29, 1.82) is 0 Å². The summed E-state index contributed by atoms with van der Waals surface area (Å²) in [7, 11) is 0. The standard InChI is InChI=1S/C12H24O/c1-4-12(10(2)3)13-11-8-6-5-7-9-11/h10-12H,4-9H2,1-3H3. The van der Waals surface area contributed by atoms with Crippen LogP contribution in [0.15, 0.2) is 0 Å². The molecule has 1 aliphatic carbocycles. The highest BCUT2D eigenvalue weighted by Gasteiger charge is 2.19. The Hall–Kier alpha value is -0.0400. The van der Waals surface area contributed by atoms with Gasteiger partial charge >= 0.3 is 0 Å². The van der Waals surface area contributed by atoms with E-state index in [4.69, 9.17) is 4.74 Å². The Balaban J connectivity index is 2.27. The van der Waals surface area contributed by atoms with Crippen LogP contribution in [0, 0.1) is 5.92 Å². The molecule has 13 heavy (non-hydrogen) atoms. The van der Waals surface area contributed by atoms with Gasteiger partial charge in [-0.1, -0.05) is 40.0 Å². The van der Waals surface area contributed by atoms with Crippen LogP contribution in [0.5, 0.6) is 0 Å². The van der Waals surface area contributed by atoms with Gasteiger partial charge in [-0.3, -0.25) is 0 Å². The summed E-state index contributed by atoms with van der Waals surface area (Å²) < 4.78 is 6.10. The third-order valence-corrected chi connectivity index (χ3v) is 3.07. The van der Waals surface area contributed by atoms with Crippen molar-refractivity contribution in [2.75, 3.05) is 0 Å². The molecule has 1 atom stereocenters. The molecule has 1 fully saturated rings. The second-order valence-electron chi connectivity index (χ2n) is 4.59. The molecule has 0 bridgehead atoms. The summed E-state index contributed by atoms with van der Waals surface area (Å²) in [5.41, 5.74) is 0. The average molecular weight is 184 g/mol. The topological polar surface area (TPSA) is 9.23 Å². The first-order valence-corrected chi connectivity index (χ1v) is 5.89. The van der Waals surface area contributed by atoms with E-state index in [2.05, 4.69) is 20.8 Å². The molecule has 0 spiro atoms. The van der Waals surface area contributed by atoms with Gasteiger partial charge in [-0.05, 0) is 25.2 Å². The van der Waals surface area contributed by atoms with E-state index in [-0.39, 0.29) is 0 Å². The maximum atomic E-state index is 6.10. The molecule has 1 unspecified atom stereocenters. The Morgan fingerprint density at radius 1 is 1.15 bits per heavy atom. The van der Waals surface area contributed by atoms with Crippen LogP contribution in [0.3, 0.4) is 0 Å². The molecule has 78 valence electrons. The van der Waals surface area contributed by atoms with Gasteiger partial charge in [0.15, 0.2) is 0 Å². The number of hydrogen-bond acceptors (Lipinski definition) is 1. The first-order chi connectivity index (χ1) is 6.24. The monoisotopic (exact) mass is 184 g/mol. The lowest BCUT2D eigenvalue weighted by atomic mass is 9.96. The van der Waals surface area contributed by atoms with Crippen molar-refractivity contribution in [3.63, 3.8) is 0 Å². The third kappa shape index (κ3) is 3.68. The molecule has 0 amide bonds. The van der Waals surface area contributed by atoms with Gasteiger partial charge in [0, 0.05) is 0 Å². The lowest BCUT2D eigenvalue weighted by Gasteiger charge is -2.29. The molecule has 0 aromatic rings. The Kier molecular flexibility index (Phi) is 4.79. The highest BCUT2D eigenvalue weighted by Crippen LogP contribution is 2.24.